The van der Waals surface area contributed by atoms with Gasteiger partial charge in [-0.25, -0.2) is 0 Å². The van der Waals surface area contributed by atoms with Crippen LogP contribution in [-0.2, 0) is 4.79 Å². The summed E-state index contributed by atoms with van der Waals surface area (Å²) in [6.45, 7) is 4.12. The molecule has 0 heterocycles. The topological polar surface area (TPSA) is 110 Å². The Bertz CT molecular complexity index is 1010. The average molecular weight is 1020 g/mol. The van der Waals surface area contributed by atoms with Gasteiger partial charge in [-0.15, -0.1) is 0 Å². The Kier molecular flexibility index (Phi) is 60.6. The highest BCUT2D eigenvalue weighted by atomic mass is 16.3. The highest BCUT2D eigenvalue weighted by Crippen LogP contribution is 2.20. The summed E-state index contributed by atoms with van der Waals surface area (Å²) in [4.78, 5) is 12.7. The Morgan fingerprint density at radius 2 is 0.472 bits per heavy atom. The van der Waals surface area contributed by atoms with Gasteiger partial charge >= 0.3 is 0 Å². The Balaban J connectivity index is 3.52. The summed E-state index contributed by atoms with van der Waals surface area (Å²) >= 11 is 0. The first-order valence-electron chi connectivity index (χ1n) is 33.4. The van der Waals surface area contributed by atoms with Crippen LogP contribution in [0.3, 0.4) is 0 Å². The molecule has 0 aromatic rings. The zero-order chi connectivity index (χ0) is 52.3. The van der Waals surface area contributed by atoms with Gasteiger partial charge in [-0.2, -0.15) is 0 Å². The van der Waals surface area contributed by atoms with Crippen molar-refractivity contribution < 1.29 is 25.2 Å². The number of aliphatic hydroxyl groups is 4. The minimum atomic E-state index is -1.26. The molecule has 0 radical (unpaired) electrons. The second kappa shape index (κ2) is 61.2. The molecule has 72 heavy (non-hydrogen) atoms. The monoisotopic (exact) mass is 1020 g/mol. The maximum absolute atomic E-state index is 12.7. The summed E-state index contributed by atoms with van der Waals surface area (Å²) in [7, 11) is 0. The fraction of sp³-hybridized carbons (Fsp3) is 0.985. The molecule has 6 heteroatoms. The molecule has 0 rings (SSSR count). The third-order valence-corrected chi connectivity index (χ3v) is 16.3. The second-order valence-electron chi connectivity index (χ2n) is 23.5. The van der Waals surface area contributed by atoms with Crippen molar-refractivity contribution in [2.45, 2.75) is 411 Å². The predicted molar refractivity (Wildman–Crippen MR) is 316 cm³/mol. The maximum Gasteiger partial charge on any atom is 0.249 e. The summed E-state index contributed by atoms with van der Waals surface area (Å²) in [5, 5.41) is 44.2. The van der Waals surface area contributed by atoms with Crippen LogP contribution in [0, 0.1) is 0 Å². The van der Waals surface area contributed by atoms with E-state index in [0.717, 1.165) is 38.5 Å². The minimum Gasteiger partial charge on any atom is -0.394 e. The summed E-state index contributed by atoms with van der Waals surface area (Å²) in [6, 6.07) is -0.982. The van der Waals surface area contributed by atoms with Crippen molar-refractivity contribution >= 4 is 5.91 Å². The lowest BCUT2D eigenvalue weighted by Gasteiger charge is -2.27. The Hall–Kier alpha value is -0.690. The summed E-state index contributed by atoms with van der Waals surface area (Å²) in [5.74, 6) is -0.573. The fourth-order valence-corrected chi connectivity index (χ4v) is 11.1. The van der Waals surface area contributed by atoms with Crippen molar-refractivity contribution in [3.63, 3.8) is 0 Å². The molecule has 6 nitrogen and oxygen atoms in total. The van der Waals surface area contributed by atoms with E-state index in [1.807, 2.05) is 0 Å². The van der Waals surface area contributed by atoms with E-state index in [9.17, 15) is 25.2 Å². The van der Waals surface area contributed by atoms with Gasteiger partial charge in [-0.3, -0.25) is 4.79 Å². The molecule has 0 bridgehead atoms. The van der Waals surface area contributed by atoms with E-state index in [-0.39, 0.29) is 0 Å². The molecule has 0 aromatic heterocycles. The quantitative estimate of drug-likeness (QED) is 0.0390. The van der Waals surface area contributed by atoms with Gasteiger partial charge < -0.3 is 25.7 Å². The minimum absolute atomic E-state index is 0.377. The molecular formula is C66H133NO5. The molecule has 0 spiro atoms. The van der Waals surface area contributed by atoms with E-state index >= 15 is 0 Å². The lowest BCUT2D eigenvalue weighted by molar-refractivity contribution is -0.132. The van der Waals surface area contributed by atoms with Crippen molar-refractivity contribution in [2.24, 2.45) is 0 Å². The van der Waals surface area contributed by atoms with Crippen LogP contribution < -0.4 is 5.32 Å². The molecule has 5 N–H and O–H groups in total. The number of unbranched alkanes of at least 4 members (excludes halogenated alkanes) is 54. The van der Waals surface area contributed by atoms with E-state index in [1.54, 1.807) is 0 Å². The third kappa shape index (κ3) is 54.1. The number of carbonyl (C=O) groups excluding carboxylic acids is 1. The Morgan fingerprint density at radius 3 is 0.667 bits per heavy atom. The van der Waals surface area contributed by atoms with E-state index < -0.39 is 36.9 Å². The van der Waals surface area contributed by atoms with Crippen molar-refractivity contribution in [3.05, 3.63) is 0 Å². The molecule has 4 unspecified atom stereocenters. The Morgan fingerprint density at radius 1 is 0.292 bits per heavy atom. The molecule has 4 atom stereocenters. The van der Waals surface area contributed by atoms with Gasteiger partial charge in [0.1, 0.15) is 12.2 Å². The van der Waals surface area contributed by atoms with Gasteiger partial charge in [0.15, 0.2) is 0 Å². The number of amides is 1. The number of nitrogens with one attached hydrogen (secondary N) is 1. The zero-order valence-electron chi connectivity index (χ0n) is 49.2. The average Bonchev–Trinajstić information content (AvgIpc) is 3.39. The zero-order valence-corrected chi connectivity index (χ0v) is 49.2. The highest BCUT2D eigenvalue weighted by Gasteiger charge is 2.28. The maximum atomic E-state index is 12.7. The summed E-state index contributed by atoms with van der Waals surface area (Å²) < 4.78 is 0. The van der Waals surface area contributed by atoms with Gasteiger partial charge in [0.05, 0.1) is 18.8 Å². The standard InChI is InChI=1S/C66H133NO5/c1-3-5-7-9-11-13-15-17-19-21-23-25-27-29-31-32-33-34-36-38-40-42-44-46-48-50-52-54-56-58-60-64(70)66(72)67-62(61-68)65(71)63(69)59-57-55-53-51-49-47-45-43-41-39-37-35-30-28-26-24-22-20-18-16-14-12-10-8-6-4-2/h62-65,68-71H,3-61H2,1-2H3,(H,67,72). The molecule has 0 saturated carbocycles. The SMILES string of the molecule is CCCCCCCCCCCCCCCCCCCCCCCCCCCCCCCCC(O)C(=O)NC(CO)C(O)C(O)CCCCCCCCCCCCCCCCCCCCCCCCCCCC. The number of aliphatic hydroxyl groups excluding tert-OH is 4. The summed E-state index contributed by atoms with van der Waals surface area (Å²) in [6.07, 6.45) is 73.6. The van der Waals surface area contributed by atoms with Crippen molar-refractivity contribution in [2.75, 3.05) is 6.61 Å². The molecule has 432 valence electrons. The lowest BCUT2D eigenvalue weighted by Crippen LogP contribution is -2.53. The van der Waals surface area contributed by atoms with Crippen LogP contribution in [0.1, 0.15) is 386 Å². The van der Waals surface area contributed by atoms with Crippen LogP contribution in [0.4, 0.5) is 0 Å². The summed E-state index contributed by atoms with van der Waals surface area (Å²) in [5.41, 5.74) is 0. The first kappa shape index (κ1) is 71.3. The van der Waals surface area contributed by atoms with Crippen LogP contribution in [0.2, 0.25) is 0 Å². The van der Waals surface area contributed by atoms with E-state index in [2.05, 4.69) is 19.2 Å². The van der Waals surface area contributed by atoms with Gasteiger partial charge in [0, 0.05) is 0 Å². The second-order valence-corrected chi connectivity index (χ2v) is 23.5. The van der Waals surface area contributed by atoms with Crippen molar-refractivity contribution in [1.29, 1.82) is 0 Å². The first-order valence-corrected chi connectivity index (χ1v) is 33.4. The molecular weight excluding hydrogens is 887 g/mol. The molecule has 0 aliphatic rings. The van der Waals surface area contributed by atoms with E-state index in [1.165, 1.54) is 321 Å². The molecule has 0 saturated heterocycles. The number of hydrogen-bond donors (Lipinski definition) is 5. The van der Waals surface area contributed by atoms with Gasteiger partial charge in [0.2, 0.25) is 5.91 Å². The van der Waals surface area contributed by atoms with E-state index in [4.69, 9.17) is 0 Å². The lowest BCUT2D eigenvalue weighted by atomic mass is 9.99. The molecule has 0 aliphatic carbocycles. The van der Waals surface area contributed by atoms with Crippen LogP contribution in [0.5, 0.6) is 0 Å². The van der Waals surface area contributed by atoms with Crippen molar-refractivity contribution in [3.8, 4) is 0 Å². The first-order chi connectivity index (χ1) is 35.5. The fourth-order valence-electron chi connectivity index (χ4n) is 11.1. The van der Waals surface area contributed by atoms with Crippen LogP contribution in [0.15, 0.2) is 0 Å². The number of hydrogen-bond acceptors (Lipinski definition) is 5. The van der Waals surface area contributed by atoms with Crippen LogP contribution in [-0.4, -0.2) is 57.3 Å². The smallest absolute Gasteiger partial charge is 0.249 e. The number of carbonyl (C=O) groups is 1. The van der Waals surface area contributed by atoms with Crippen LogP contribution in [0.25, 0.3) is 0 Å². The van der Waals surface area contributed by atoms with Crippen LogP contribution >= 0.6 is 0 Å². The van der Waals surface area contributed by atoms with E-state index in [0.29, 0.717) is 12.8 Å². The molecule has 1 amide bonds. The van der Waals surface area contributed by atoms with Gasteiger partial charge in [0.25, 0.3) is 0 Å². The van der Waals surface area contributed by atoms with Crippen molar-refractivity contribution in [1.82, 2.24) is 5.32 Å². The highest BCUT2D eigenvalue weighted by molar-refractivity contribution is 5.80. The number of rotatable bonds is 63. The normalized spacial score (nSPS) is 13.5. The molecule has 0 fully saturated rings. The third-order valence-electron chi connectivity index (χ3n) is 16.3. The predicted octanol–water partition coefficient (Wildman–Crippen LogP) is 20.2. The molecule has 0 aromatic carbocycles. The van der Waals surface area contributed by atoms with Gasteiger partial charge in [-0.05, 0) is 12.8 Å². The Labute approximate surface area is 451 Å². The van der Waals surface area contributed by atoms with Gasteiger partial charge in [-0.1, -0.05) is 373 Å². The molecule has 0 aliphatic heterocycles. The largest absolute Gasteiger partial charge is 0.394 e.